The molecule has 0 aliphatic carbocycles. The predicted molar refractivity (Wildman–Crippen MR) is 71.9 cm³/mol. The van der Waals surface area contributed by atoms with E-state index < -0.39 is 15.6 Å². The summed E-state index contributed by atoms with van der Waals surface area (Å²) in [7, 11) is -5.84. The van der Waals surface area contributed by atoms with Gasteiger partial charge in [-0.25, -0.2) is 0 Å². The molecule has 1 rings (SSSR count). The van der Waals surface area contributed by atoms with E-state index in [1.807, 2.05) is 0 Å². The van der Waals surface area contributed by atoms with Crippen LogP contribution in [0.3, 0.4) is 0 Å². The van der Waals surface area contributed by atoms with Crippen LogP contribution in [-0.4, -0.2) is 18.5 Å². The van der Waals surface area contributed by atoms with Gasteiger partial charge in [0.05, 0.1) is 0 Å². The molecule has 0 fully saturated rings. The molecular formula is C13H19F3O3S. The highest BCUT2D eigenvalue weighted by Gasteiger charge is 2.44. The van der Waals surface area contributed by atoms with Gasteiger partial charge in [0.15, 0.2) is 0 Å². The van der Waals surface area contributed by atoms with E-state index in [0.29, 0.717) is 0 Å². The van der Waals surface area contributed by atoms with Gasteiger partial charge in [-0.15, -0.1) is 0 Å². The number of benzene rings is 1. The van der Waals surface area contributed by atoms with Crippen molar-refractivity contribution in [1.82, 2.24) is 0 Å². The molecule has 0 saturated carbocycles. The van der Waals surface area contributed by atoms with Crippen LogP contribution in [0.2, 0.25) is 0 Å². The third kappa shape index (κ3) is 8.92. The van der Waals surface area contributed by atoms with Crippen molar-refractivity contribution in [2.45, 2.75) is 44.5 Å². The molecule has 0 aliphatic rings. The monoisotopic (exact) mass is 312 g/mol. The molecule has 0 radical (unpaired) electrons. The Kier molecular flexibility index (Phi) is 8.48. The molecule has 7 heteroatoms. The first kappa shape index (κ1) is 18.9. The molecule has 3 nitrogen and oxygen atoms in total. The van der Waals surface area contributed by atoms with Gasteiger partial charge in [0.2, 0.25) is 0 Å². The predicted octanol–water partition coefficient (Wildman–Crippen LogP) is 4.20. The summed E-state index contributed by atoms with van der Waals surface area (Å²) in [6.45, 7) is 2.25. The molecule has 0 atom stereocenters. The number of hydrogen-bond donors (Lipinski definition) is 1. The van der Waals surface area contributed by atoms with E-state index in [2.05, 4.69) is 37.3 Å². The quantitative estimate of drug-likeness (QED) is 0.503. The van der Waals surface area contributed by atoms with Crippen LogP contribution in [0.4, 0.5) is 13.2 Å². The molecule has 0 amide bonds. The zero-order chi connectivity index (χ0) is 15.6. The molecule has 0 bridgehead atoms. The van der Waals surface area contributed by atoms with Gasteiger partial charge >= 0.3 is 15.6 Å². The lowest BCUT2D eigenvalue weighted by atomic mass is 10.1. The van der Waals surface area contributed by atoms with Crippen LogP contribution in [-0.2, 0) is 16.5 Å². The van der Waals surface area contributed by atoms with Crippen LogP contribution < -0.4 is 0 Å². The summed E-state index contributed by atoms with van der Waals surface area (Å²) in [5.41, 5.74) is -4.05. The Bertz CT molecular complexity index is 455. The first-order valence-electron chi connectivity index (χ1n) is 6.26. The Hall–Kier alpha value is -1.08. The lowest BCUT2D eigenvalue weighted by molar-refractivity contribution is -0.0510. The van der Waals surface area contributed by atoms with E-state index in [1.165, 1.54) is 37.7 Å². The molecule has 1 N–H and O–H groups in total. The van der Waals surface area contributed by atoms with Gasteiger partial charge in [0, 0.05) is 0 Å². The Morgan fingerprint density at radius 2 is 1.55 bits per heavy atom. The molecule has 0 aromatic heterocycles. The molecule has 1 aromatic carbocycles. The molecule has 116 valence electrons. The maximum atomic E-state index is 10.7. The second-order valence-electron chi connectivity index (χ2n) is 4.22. The minimum absolute atomic E-state index is 1.25. The zero-order valence-electron chi connectivity index (χ0n) is 11.2. The van der Waals surface area contributed by atoms with Crippen molar-refractivity contribution >= 4 is 10.1 Å². The second-order valence-corrected chi connectivity index (χ2v) is 5.63. The highest BCUT2D eigenvalue weighted by Crippen LogP contribution is 2.20. The van der Waals surface area contributed by atoms with Crippen LogP contribution >= 0.6 is 0 Å². The molecule has 20 heavy (non-hydrogen) atoms. The largest absolute Gasteiger partial charge is 0.522 e. The van der Waals surface area contributed by atoms with Crippen LogP contribution in [0.25, 0.3) is 0 Å². The average molecular weight is 312 g/mol. The van der Waals surface area contributed by atoms with E-state index in [4.69, 9.17) is 13.0 Å². The Morgan fingerprint density at radius 1 is 1.05 bits per heavy atom. The number of unbranched alkanes of at least 4 members (excludes halogenated alkanes) is 3. The fourth-order valence-corrected chi connectivity index (χ4v) is 1.40. The van der Waals surface area contributed by atoms with Gasteiger partial charge in [-0.2, -0.15) is 21.6 Å². The van der Waals surface area contributed by atoms with Gasteiger partial charge in [-0.1, -0.05) is 56.5 Å². The van der Waals surface area contributed by atoms with Gasteiger partial charge in [0.1, 0.15) is 0 Å². The summed E-state index contributed by atoms with van der Waals surface area (Å²) in [4.78, 5) is 0. The Morgan fingerprint density at radius 3 is 1.95 bits per heavy atom. The number of alkyl halides is 3. The summed E-state index contributed by atoms with van der Waals surface area (Å²) in [6, 6.07) is 10.7. The summed E-state index contributed by atoms with van der Waals surface area (Å²) >= 11 is 0. The summed E-state index contributed by atoms with van der Waals surface area (Å²) < 4.78 is 57.5. The maximum Gasteiger partial charge on any atom is 0.522 e. The summed E-state index contributed by atoms with van der Waals surface area (Å²) in [5.74, 6) is 0. The van der Waals surface area contributed by atoms with Crippen molar-refractivity contribution < 1.29 is 26.1 Å². The van der Waals surface area contributed by atoms with Crippen molar-refractivity contribution in [3.05, 3.63) is 35.9 Å². The summed E-state index contributed by atoms with van der Waals surface area (Å²) in [5, 5.41) is 0. The Labute approximate surface area is 117 Å². The first-order valence-corrected chi connectivity index (χ1v) is 7.70. The zero-order valence-corrected chi connectivity index (χ0v) is 12.0. The second kappa shape index (κ2) is 8.97. The van der Waals surface area contributed by atoms with Gasteiger partial charge < -0.3 is 0 Å². The van der Waals surface area contributed by atoms with Gasteiger partial charge in [-0.3, -0.25) is 4.55 Å². The van der Waals surface area contributed by atoms with E-state index in [1.54, 1.807) is 0 Å². The fourth-order valence-electron chi connectivity index (χ4n) is 1.40. The van der Waals surface area contributed by atoms with E-state index in [-0.39, 0.29) is 0 Å². The van der Waals surface area contributed by atoms with Crippen molar-refractivity contribution in [2.24, 2.45) is 0 Å². The van der Waals surface area contributed by atoms with E-state index in [0.717, 1.165) is 0 Å². The van der Waals surface area contributed by atoms with Crippen molar-refractivity contribution in [3.8, 4) is 0 Å². The lowest BCUT2D eigenvalue weighted by Crippen LogP contribution is -2.21. The Balaban J connectivity index is 0.000000396. The molecule has 1 aromatic rings. The highest BCUT2D eigenvalue weighted by atomic mass is 32.2. The molecule has 0 spiro atoms. The van der Waals surface area contributed by atoms with Crippen LogP contribution in [0, 0.1) is 0 Å². The van der Waals surface area contributed by atoms with Crippen LogP contribution in [0.1, 0.15) is 38.2 Å². The third-order valence-corrected chi connectivity index (χ3v) is 3.04. The average Bonchev–Trinajstić information content (AvgIpc) is 2.34. The first-order chi connectivity index (χ1) is 9.18. The smallest absolute Gasteiger partial charge is 0.279 e. The van der Waals surface area contributed by atoms with Crippen molar-refractivity contribution in [3.63, 3.8) is 0 Å². The van der Waals surface area contributed by atoms with Crippen molar-refractivity contribution in [1.29, 1.82) is 0 Å². The number of hydrogen-bond acceptors (Lipinski definition) is 2. The standard InChI is InChI=1S/C12H18.CHF3O3S/c1-2-3-4-6-9-12-10-7-5-8-11-12;2-1(3,4)8(5,6)7/h5,7-8,10-11H,2-4,6,9H2,1H3;(H,5,6,7). The third-order valence-electron chi connectivity index (χ3n) is 2.45. The summed E-state index contributed by atoms with van der Waals surface area (Å²) in [6.07, 6.45) is 6.69. The van der Waals surface area contributed by atoms with Gasteiger partial charge in [0.25, 0.3) is 0 Å². The van der Waals surface area contributed by atoms with Crippen LogP contribution in [0.5, 0.6) is 0 Å². The normalized spacial score (nSPS) is 11.7. The highest BCUT2D eigenvalue weighted by molar-refractivity contribution is 7.86. The molecule has 0 saturated heterocycles. The maximum absolute atomic E-state index is 10.7. The number of rotatable bonds is 5. The molecule has 0 heterocycles. The minimum Gasteiger partial charge on any atom is -0.279 e. The van der Waals surface area contributed by atoms with Crippen LogP contribution in [0.15, 0.2) is 30.3 Å². The fraction of sp³-hybridized carbons (Fsp3) is 0.538. The number of halogens is 3. The van der Waals surface area contributed by atoms with Gasteiger partial charge in [-0.05, 0) is 18.4 Å². The SMILES string of the molecule is CCCCCCc1ccccc1.O=S(=O)(O)C(F)(F)F. The van der Waals surface area contributed by atoms with E-state index in [9.17, 15) is 13.2 Å². The molecule has 0 unspecified atom stereocenters. The van der Waals surface area contributed by atoms with Crippen molar-refractivity contribution in [2.75, 3.05) is 0 Å². The topological polar surface area (TPSA) is 54.4 Å². The lowest BCUT2D eigenvalue weighted by Gasteiger charge is -1.99. The molecule has 0 aliphatic heterocycles. The minimum atomic E-state index is -5.84. The van der Waals surface area contributed by atoms with E-state index >= 15 is 0 Å². The molecular weight excluding hydrogens is 293 g/mol. The number of aryl methyl sites for hydroxylation is 1.